The molecule has 1 rings (SSSR count). The standard InChI is InChI=1S/C9H14N2O/c1-2-5-11-7-8(6-10)3-4-9(11)12/h3-4,7H,2,5-6,10H2,1H3. The molecule has 0 aliphatic rings. The van der Waals surface area contributed by atoms with Crippen molar-refractivity contribution in [3.63, 3.8) is 0 Å². The third kappa shape index (κ3) is 1.95. The molecule has 0 spiro atoms. The van der Waals surface area contributed by atoms with Crippen LogP contribution in [-0.4, -0.2) is 4.57 Å². The first-order chi connectivity index (χ1) is 5.77. The molecule has 0 aliphatic carbocycles. The minimum atomic E-state index is 0.0500. The third-order valence-corrected chi connectivity index (χ3v) is 1.74. The molecule has 2 N–H and O–H groups in total. The molecule has 0 unspecified atom stereocenters. The highest BCUT2D eigenvalue weighted by molar-refractivity contribution is 5.09. The van der Waals surface area contributed by atoms with E-state index in [1.54, 1.807) is 16.7 Å². The number of aryl methyl sites for hydroxylation is 1. The Hall–Kier alpha value is -1.09. The predicted molar refractivity (Wildman–Crippen MR) is 48.9 cm³/mol. The monoisotopic (exact) mass is 166 g/mol. The van der Waals surface area contributed by atoms with E-state index in [9.17, 15) is 4.79 Å². The fraction of sp³-hybridized carbons (Fsp3) is 0.444. The molecule has 12 heavy (non-hydrogen) atoms. The van der Waals surface area contributed by atoms with E-state index in [2.05, 4.69) is 0 Å². The van der Waals surface area contributed by atoms with Crippen molar-refractivity contribution in [2.45, 2.75) is 26.4 Å². The second-order valence-electron chi connectivity index (χ2n) is 2.77. The van der Waals surface area contributed by atoms with Crippen LogP contribution in [0.25, 0.3) is 0 Å². The van der Waals surface area contributed by atoms with Gasteiger partial charge in [-0.25, -0.2) is 0 Å². The molecular weight excluding hydrogens is 152 g/mol. The topological polar surface area (TPSA) is 48.0 Å². The van der Waals surface area contributed by atoms with Crippen molar-refractivity contribution in [3.8, 4) is 0 Å². The molecule has 0 amide bonds. The number of nitrogens with two attached hydrogens (primary N) is 1. The molecule has 66 valence electrons. The van der Waals surface area contributed by atoms with Gasteiger partial charge in [-0.1, -0.05) is 13.0 Å². The Morgan fingerprint density at radius 2 is 2.25 bits per heavy atom. The Balaban J connectivity index is 3.00. The van der Waals surface area contributed by atoms with Gasteiger partial charge < -0.3 is 10.3 Å². The summed E-state index contributed by atoms with van der Waals surface area (Å²) in [5.41, 5.74) is 6.50. The third-order valence-electron chi connectivity index (χ3n) is 1.74. The minimum absolute atomic E-state index is 0.0500. The Morgan fingerprint density at radius 3 is 2.83 bits per heavy atom. The fourth-order valence-corrected chi connectivity index (χ4v) is 1.12. The van der Waals surface area contributed by atoms with Gasteiger partial charge in [0.15, 0.2) is 0 Å². The first-order valence-electron chi connectivity index (χ1n) is 4.17. The van der Waals surface area contributed by atoms with Gasteiger partial charge in [-0.15, -0.1) is 0 Å². The highest BCUT2D eigenvalue weighted by Gasteiger charge is 1.95. The van der Waals surface area contributed by atoms with Crippen LogP contribution in [0.1, 0.15) is 18.9 Å². The Kier molecular flexibility index (Phi) is 3.05. The zero-order valence-electron chi connectivity index (χ0n) is 7.29. The number of rotatable bonds is 3. The quantitative estimate of drug-likeness (QED) is 0.719. The molecule has 0 saturated carbocycles. The SMILES string of the molecule is CCCn1cc(CN)ccc1=O. The van der Waals surface area contributed by atoms with Gasteiger partial charge in [0.25, 0.3) is 5.56 Å². The lowest BCUT2D eigenvalue weighted by atomic mass is 10.3. The molecule has 0 saturated heterocycles. The van der Waals surface area contributed by atoms with Crippen LogP contribution in [0.3, 0.4) is 0 Å². The highest BCUT2D eigenvalue weighted by Crippen LogP contribution is 1.94. The Morgan fingerprint density at radius 1 is 1.50 bits per heavy atom. The molecule has 1 aromatic heterocycles. The van der Waals surface area contributed by atoms with Gasteiger partial charge in [0.05, 0.1) is 0 Å². The molecular formula is C9H14N2O. The van der Waals surface area contributed by atoms with Crippen LogP contribution in [-0.2, 0) is 13.1 Å². The van der Waals surface area contributed by atoms with Crippen molar-refractivity contribution in [1.82, 2.24) is 4.57 Å². The number of nitrogens with zero attached hydrogens (tertiary/aromatic N) is 1. The van der Waals surface area contributed by atoms with Crippen molar-refractivity contribution in [1.29, 1.82) is 0 Å². The Labute approximate surface area is 71.8 Å². The van der Waals surface area contributed by atoms with Crippen LogP contribution in [0, 0.1) is 0 Å². The summed E-state index contributed by atoms with van der Waals surface area (Å²) in [4.78, 5) is 11.2. The van der Waals surface area contributed by atoms with E-state index in [4.69, 9.17) is 5.73 Å². The smallest absolute Gasteiger partial charge is 0.250 e. The summed E-state index contributed by atoms with van der Waals surface area (Å²) in [6.45, 7) is 3.30. The van der Waals surface area contributed by atoms with E-state index >= 15 is 0 Å². The lowest BCUT2D eigenvalue weighted by molar-refractivity contribution is 0.649. The van der Waals surface area contributed by atoms with E-state index in [-0.39, 0.29) is 5.56 Å². The van der Waals surface area contributed by atoms with Gasteiger partial charge in [-0.3, -0.25) is 4.79 Å². The summed E-state index contributed by atoms with van der Waals surface area (Å²) in [7, 11) is 0. The van der Waals surface area contributed by atoms with Gasteiger partial charge >= 0.3 is 0 Å². The van der Waals surface area contributed by atoms with Crippen molar-refractivity contribution >= 4 is 0 Å². The zero-order valence-corrected chi connectivity index (χ0v) is 7.29. The molecule has 1 heterocycles. The van der Waals surface area contributed by atoms with Crippen LogP contribution in [0.15, 0.2) is 23.1 Å². The van der Waals surface area contributed by atoms with E-state index in [0.29, 0.717) is 6.54 Å². The summed E-state index contributed by atoms with van der Waals surface area (Å²) < 4.78 is 1.70. The maximum atomic E-state index is 11.2. The van der Waals surface area contributed by atoms with Gasteiger partial charge in [0, 0.05) is 25.4 Å². The molecule has 0 fully saturated rings. The average Bonchev–Trinajstić information content (AvgIpc) is 2.09. The van der Waals surface area contributed by atoms with E-state index in [1.807, 2.05) is 13.1 Å². The second kappa shape index (κ2) is 4.07. The maximum Gasteiger partial charge on any atom is 0.250 e. The van der Waals surface area contributed by atoms with Gasteiger partial charge in [-0.2, -0.15) is 0 Å². The largest absolute Gasteiger partial charge is 0.326 e. The Bertz CT molecular complexity index is 304. The summed E-state index contributed by atoms with van der Waals surface area (Å²) in [6.07, 6.45) is 2.79. The number of pyridine rings is 1. The molecule has 0 bridgehead atoms. The van der Waals surface area contributed by atoms with Gasteiger partial charge in [-0.05, 0) is 12.0 Å². The molecule has 3 nitrogen and oxygen atoms in total. The van der Waals surface area contributed by atoms with E-state index < -0.39 is 0 Å². The first-order valence-corrected chi connectivity index (χ1v) is 4.17. The number of hydrogen-bond donors (Lipinski definition) is 1. The minimum Gasteiger partial charge on any atom is -0.326 e. The predicted octanol–water partition coefficient (Wildman–Crippen LogP) is 0.717. The zero-order chi connectivity index (χ0) is 8.97. The second-order valence-corrected chi connectivity index (χ2v) is 2.77. The van der Waals surface area contributed by atoms with Crippen LogP contribution < -0.4 is 11.3 Å². The highest BCUT2D eigenvalue weighted by atomic mass is 16.1. The molecule has 0 aliphatic heterocycles. The van der Waals surface area contributed by atoms with Crippen LogP contribution >= 0.6 is 0 Å². The van der Waals surface area contributed by atoms with Crippen LogP contribution in [0.2, 0.25) is 0 Å². The average molecular weight is 166 g/mol. The maximum absolute atomic E-state index is 11.2. The molecule has 0 radical (unpaired) electrons. The summed E-state index contributed by atoms with van der Waals surface area (Å²) in [5.74, 6) is 0. The van der Waals surface area contributed by atoms with Crippen molar-refractivity contribution in [2.75, 3.05) is 0 Å². The lowest BCUT2D eigenvalue weighted by Gasteiger charge is -2.04. The molecule has 1 aromatic rings. The van der Waals surface area contributed by atoms with Crippen molar-refractivity contribution in [3.05, 3.63) is 34.2 Å². The van der Waals surface area contributed by atoms with Crippen LogP contribution in [0.5, 0.6) is 0 Å². The summed E-state index contributed by atoms with van der Waals surface area (Å²) in [5, 5.41) is 0. The number of hydrogen-bond acceptors (Lipinski definition) is 2. The van der Waals surface area contributed by atoms with E-state index in [0.717, 1.165) is 18.5 Å². The molecule has 0 atom stereocenters. The van der Waals surface area contributed by atoms with Crippen molar-refractivity contribution < 1.29 is 0 Å². The number of aromatic nitrogens is 1. The summed E-state index contributed by atoms with van der Waals surface area (Å²) in [6, 6.07) is 3.34. The molecule has 0 aromatic carbocycles. The normalized spacial score (nSPS) is 10.2. The molecule has 3 heteroatoms. The van der Waals surface area contributed by atoms with E-state index in [1.165, 1.54) is 0 Å². The summed E-state index contributed by atoms with van der Waals surface area (Å²) >= 11 is 0. The van der Waals surface area contributed by atoms with Gasteiger partial charge in [0.1, 0.15) is 0 Å². The first kappa shape index (κ1) is 9.00. The van der Waals surface area contributed by atoms with Crippen LogP contribution in [0.4, 0.5) is 0 Å². The lowest BCUT2D eigenvalue weighted by Crippen LogP contribution is -2.19. The van der Waals surface area contributed by atoms with Crippen molar-refractivity contribution in [2.24, 2.45) is 5.73 Å². The fourth-order valence-electron chi connectivity index (χ4n) is 1.12. The van der Waals surface area contributed by atoms with Gasteiger partial charge in [0.2, 0.25) is 0 Å².